The molecule has 1 aromatic carbocycles. The summed E-state index contributed by atoms with van der Waals surface area (Å²) in [5.41, 5.74) is 4.95. The predicted octanol–water partition coefficient (Wildman–Crippen LogP) is 3.04. The fourth-order valence-electron chi connectivity index (χ4n) is 2.39. The van der Waals surface area contributed by atoms with Gasteiger partial charge in [0.15, 0.2) is 0 Å². The van der Waals surface area contributed by atoms with Crippen LogP contribution < -0.4 is 16.7 Å². The van der Waals surface area contributed by atoms with Crippen LogP contribution in [0.1, 0.15) is 31.2 Å². The first-order valence-electron chi connectivity index (χ1n) is 7.20. The Bertz CT molecular complexity index is 1170. The van der Waals surface area contributed by atoms with E-state index in [9.17, 15) is 19.6 Å². The number of thiophene rings is 1. The van der Waals surface area contributed by atoms with Crippen molar-refractivity contribution in [2.45, 2.75) is 6.92 Å². The number of carbonyl (C=O) groups is 2. The Kier molecular flexibility index (Phi) is 4.50. The van der Waals surface area contributed by atoms with Crippen molar-refractivity contribution in [2.24, 2.45) is 5.73 Å². The zero-order valence-corrected chi connectivity index (χ0v) is 14.8. The summed E-state index contributed by atoms with van der Waals surface area (Å²) in [6, 6.07) is 7.91. The average molecular weight is 388 g/mol. The Balaban J connectivity index is 2.04. The van der Waals surface area contributed by atoms with Crippen LogP contribution in [-0.4, -0.2) is 11.8 Å². The van der Waals surface area contributed by atoms with Crippen molar-refractivity contribution in [3.8, 4) is 6.07 Å². The number of anilines is 1. The molecule has 0 spiro atoms. The molecule has 0 saturated heterocycles. The van der Waals surface area contributed by atoms with Gasteiger partial charge < -0.3 is 15.5 Å². The van der Waals surface area contributed by atoms with Crippen molar-refractivity contribution in [3.63, 3.8) is 0 Å². The van der Waals surface area contributed by atoms with E-state index >= 15 is 0 Å². The molecule has 7 nitrogen and oxygen atoms in total. The Morgan fingerprint density at radius 3 is 2.73 bits per heavy atom. The van der Waals surface area contributed by atoms with Crippen LogP contribution in [0, 0.1) is 18.3 Å². The number of rotatable bonds is 3. The zero-order chi connectivity index (χ0) is 19.0. The van der Waals surface area contributed by atoms with Gasteiger partial charge in [-0.05, 0) is 36.8 Å². The quantitative estimate of drug-likeness (QED) is 0.668. The Morgan fingerprint density at radius 2 is 2.08 bits per heavy atom. The van der Waals surface area contributed by atoms with Gasteiger partial charge in [0.1, 0.15) is 22.2 Å². The van der Waals surface area contributed by atoms with E-state index in [0.717, 1.165) is 11.3 Å². The van der Waals surface area contributed by atoms with Crippen LogP contribution in [0.4, 0.5) is 5.00 Å². The first kappa shape index (κ1) is 17.7. The maximum absolute atomic E-state index is 12.5. The van der Waals surface area contributed by atoms with Crippen molar-refractivity contribution in [1.82, 2.24) is 0 Å². The van der Waals surface area contributed by atoms with Gasteiger partial charge >= 0.3 is 5.63 Å². The lowest BCUT2D eigenvalue weighted by atomic mass is 10.1. The van der Waals surface area contributed by atoms with Crippen molar-refractivity contribution in [1.29, 1.82) is 5.26 Å². The number of carbonyl (C=O) groups excluding carboxylic acids is 2. The van der Waals surface area contributed by atoms with E-state index in [-0.39, 0.29) is 26.6 Å². The minimum atomic E-state index is -0.834. The van der Waals surface area contributed by atoms with Gasteiger partial charge in [0.25, 0.3) is 11.8 Å². The highest BCUT2D eigenvalue weighted by molar-refractivity contribution is 7.18. The number of nitriles is 1. The Hall–Kier alpha value is -3.15. The topological polar surface area (TPSA) is 126 Å². The lowest BCUT2D eigenvalue weighted by Gasteiger charge is -2.04. The predicted molar refractivity (Wildman–Crippen MR) is 97.7 cm³/mol. The molecule has 0 atom stereocenters. The minimum absolute atomic E-state index is 0.116. The van der Waals surface area contributed by atoms with Crippen LogP contribution in [0.25, 0.3) is 11.0 Å². The smallest absolute Gasteiger partial charge is 0.349 e. The molecular formula is C17H10ClN3O4S. The van der Waals surface area contributed by atoms with E-state index in [2.05, 4.69) is 5.32 Å². The fraction of sp³-hybridized carbons (Fsp3) is 0.0588. The molecule has 0 fully saturated rings. The van der Waals surface area contributed by atoms with Crippen molar-refractivity contribution < 1.29 is 14.0 Å². The van der Waals surface area contributed by atoms with E-state index in [4.69, 9.17) is 21.8 Å². The van der Waals surface area contributed by atoms with Crippen LogP contribution in [0.15, 0.2) is 33.5 Å². The number of hydrogen-bond acceptors (Lipinski definition) is 6. The standard InChI is InChI=1S/C17H10ClN3O4S/c1-7-11(6-19)16(26-13(7)14(20)22)21-15(23)10-5-8-4-9(18)2-3-12(8)25-17(10)24/h2-5H,1H3,(H2,20,22)(H,21,23). The highest BCUT2D eigenvalue weighted by Crippen LogP contribution is 2.32. The molecule has 3 rings (SSSR count). The van der Waals surface area contributed by atoms with E-state index in [0.29, 0.717) is 16.0 Å². The normalized spacial score (nSPS) is 10.5. The Morgan fingerprint density at radius 1 is 1.35 bits per heavy atom. The second kappa shape index (κ2) is 6.63. The molecule has 9 heteroatoms. The lowest BCUT2D eigenvalue weighted by Crippen LogP contribution is -2.20. The average Bonchev–Trinajstić information content (AvgIpc) is 2.90. The van der Waals surface area contributed by atoms with Gasteiger partial charge in [-0.2, -0.15) is 5.26 Å². The molecule has 0 unspecified atom stereocenters. The van der Waals surface area contributed by atoms with E-state index < -0.39 is 17.4 Å². The number of benzene rings is 1. The first-order chi connectivity index (χ1) is 12.3. The molecule has 3 aromatic rings. The summed E-state index contributed by atoms with van der Waals surface area (Å²) in [5.74, 6) is -1.47. The molecule has 0 aliphatic rings. The molecule has 26 heavy (non-hydrogen) atoms. The molecule has 0 radical (unpaired) electrons. The summed E-state index contributed by atoms with van der Waals surface area (Å²) in [7, 11) is 0. The number of primary amides is 1. The highest BCUT2D eigenvalue weighted by atomic mass is 35.5. The molecule has 0 saturated carbocycles. The number of nitrogens with two attached hydrogens (primary N) is 1. The number of halogens is 1. The van der Waals surface area contributed by atoms with Gasteiger partial charge in [-0.3, -0.25) is 9.59 Å². The number of amides is 2. The SMILES string of the molecule is Cc1c(C(N)=O)sc(NC(=O)c2cc3cc(Cl)ccc3oc2=O)c1C#N. The van der Waals surface area contributed by atoms with Crippen LogP contribution in [-0.2, 0) is 0 Å². The molecule has 0 aliphatic heterocycles. The van der Waals surface area contributed by atoms with E-state index in [1.54, 1.807) is 19.1 Å². The monoisotopic (exact) mass is 387 g/mol. The molecule has 0 aliphatic carbocycles. The van der Waals surface area contributed by atoms with Crippen molar-refractivity contribution in [2.75, 3.05) is 5.32 Å². The summed E-state index contributed by atoms with van der Waals surface area (Å²) in [6.45, 7) is 1.55. The highest BCUT2D eigenvalue weighted by Gasteiger charge is 2.22. The molecule has 2 heterocycles. The van der Waals surface area contributed by atoms with Gasteiger partial charge in [0.05, 0.1) is 10.4 Å². The lowest BCUT2D eigenvalue weighted by molar-refractivity contribution is 0.0999. The summed E-state index contributed by atoms with van der Waals surface area (Å²) >= 11 is 6.78. The summed E-state index contributed by atoms with van der Waals surface area (Å²) in [4.78, 5) is 36.2. The van der Waals surface area contributed by atoms with Crippen molar-refractivity contribution >= 4 is 50.7 Å². The fourth-order valence-corrected chi connectivity index (χ4v) is 3.58. The zero-order valence-electron chi connectivity index (χ0n) is 13.3. The number of nitrogens with one attached hydrogen (secondary N) is 1. The van der Waals surface area contributed by atoms with Gasteiger partial charge in [0.2, 0.25) is 0 Å². The molecule has 0 bridgehead atoms. The number of hydrogen-bond donors (Lipinski definition) is 2. The maximum atomic E-state index is 12.5. The minimum Gasteiger partial charge on any atom is -0.422 e. The maximum Gasteiger partial charge on any atom is 0.349 e. The first-order valence-corrected chi connectivity index (χ1v) is 8.39. The molecular weight excluding hydrogens is 378 g/mol. The molecule has 3 N–H and O–H groups in total. The number of fused-ring (bicyclic) bond motifs is 1. The van der Waals surface area contributed by atoms with Gasteiger partial charge in [0, 0.05) is 10.4 Å². The van der Waals surface area contributed by atoms with Gasteiger partial charge in [-0.1, -0.05) is 11.6 Å². The van der Waals surface area contributed by atoms with E-state index in [1.807, 2.05) is 6.07 Å². The third-order valence-corrected chi connectivity index (χ3v) is 5.11. The van der Waals surface area contributed by atoms with Crippen LogP contribution in [0.3, 0.4) is 0 Å². The third-order valence-electron chi connectivity index (χ3n) is 3.65. The summed E-state index contributed by atoms with van der Waals surface area (Å²) in [5, 5.41) is 12.8. The molecule has 130 valence electrons. The van der Waals surface area contributed by atoms with Gasteiger partial charge in [-0.25, -0.2) is 4.79 Å². The summed E-state index contributed by atoms with van der Waals surface area (Å²) in [6.07, 6.45) is 0. The second-order valence-electron chi connectivity index (χ2n) is 5.32. The third kappa shape index (κ3) is 3.06. The molecule has 2 amide bonds. The largest absolute Gasteiger partial charge is 0.422 e. The number of nitrogens with zero attached hydrogens (tertiary/aromatic N) is 1. The second-order valence-corrected chi connectivity index (χ2v) is 6.78. The summed E-state index contributed by atoms with van der Waals surface area (Å²) < 4.78 is 5.12. The van der Waals surface area contributed by atoms with Crippen LogP contribution in [0.5, 0.6) is 0 Å². The molecule has 2 aromatic heterocycles. The van der Waals surface area contributed by atoms with E-state index in [1.165, 1.54) is 12.1 Å². The van der Waals surface area contributed by atoms with Crippen LogP contribution >= 0.6 is 22.9 Å². The van der Waals surface area contributed by atoms with Crippen LogP contribution in [0.2, 0.25) is 5.02 Å². The van der Waals surface area contributed by atoms with Gasteiger partial charge in [-0.15, -0.1) is 11.3 Å². The van der Waals surface area contributed by atoms with Crippen molar-refractivity contribution in [3.05, 3.63) is 61.3 Å². The Labute approximate surface area is 155 Å².